The van der Waals surface area contributed by atoms with Gasteiger partial charge in [-0.05, 0) is 44.4 Å². The number of benzene rings is 1. The van der Waals surface area contributed by atoms with Crippen molar-refractivity contribution in [2.45, 2.75) is 90.9 Å². The maximum atomic E-state index is 2.30. The highest BCUT2D eigenvalue weighted by molar-refractivity contribution is 7.99. The van der Waals surface area contributed by atoms with Crippen LogP contribution in [-0.2, 0) is 6.42 Å². The molecule has 0 aromatic heterocycles. The maximum Gasteiger partial charge on any atom is 0.0862 e. The average Bonchev–Trinajstić information content (AvgIpc) is 2.71. The van der Waals surface area contributed by atoms with E-state index in [9.17, 15) is 0 Å². The molecule has 0 saturated carbocycles. The van der Waals surface area contributed by atoms with Gasteiger partial charge in [0, 0.05) is 5.75 Å². The van der Waals surface area contributed by atoms with Gasteiger partial charge >= 0.3 is 0 Å². The molecule has 0 aliphatic heterocycles. The van der Waals surface area contributed by atoms with Crippen molar-refractivity contribution < 1.29 is 17.3 Å². The molecular formula is C25H46ClNS. The van der Waals surface area contributed by atoms with Gasteiger partial charge in [-0.2, -0.15) is 11.8 Å². The van der Waals surface area contributed by atoms with Crippen LogP contribution in [0.2, 0.25) is 0 Å². The fourth-order valence-electron chi connectivity index (χ4n) is 3.69. The van der Waals surface area contributed by atoms with Crippen molar-refractivity contribution >= 4 is 11.8 Å². The van der Waals surface area contributed by atoms with Crippen LogP contribution in [0.1, 0.15) is 90.0 Å². The van der Waals surface area contributed by atoms with Crippen molar-refractivity contribution in [1.82, 2.24) is 0 Å². The predicted molar refractivity (Wildman–Crippen MR) is 125 cm³/mol. The summed E-state index contributed by atoms with van der Waals surface area (Å²) in [6.07, 6.45) is 17.1. The molecule has 3 heteroatoms. The first-order valence-electron chi connectivity index (χ1n) is 11.8. The lowest BCUT2D eigenvalue weighted by atomic mass is 10.0. The van der Waals surface area contributed by atoms with Gasteiger partial charge in [-0.15, -0.1) is 0 Å². The van der Waals surface area contributed by atoms with Crippen molar-refractivity contribution in [3.8, 4) is 0 Å². The molecule has 0 aliphatic rings. The van der Waals surface area contributed by atoms with Crippen LogP contribution in [-0.4, -0.2) is 31.1 Å². The summed E-state index contributed by atoms with van der Waals surface area (Å²) in [4.78, 5) is 1.75. The minimum absolute atomic E-state index is 0. The average molecular weight is 428 g/mol. The molecule has 1 N–H and O–H groups in total. The third-order valence-electron chi connectivity index (χ3n) is 5.70. The second-order valence-corrected chi connectivity index (χ2v) is 9.17. The van der Waals surface area contributed by atoms with Gasteiger partial charge in [0.05, 0.1) is 19.6 Å². The zero-order valence-corrected chi connectivity index (χ0v) is 20.3. The first kappa shape index (κ1) is 27.8. The van der Waals surface area contributed by atoms with Crippen LogP contribution in [0.15, 0.2) is 30.3 Å². The molecule has 0 aliphatic carbocycles. The van der Waals surface area contributed by atoms with E-state index in [-0.39, 0.29) is 12.4 Å². The molecule has 0 amide bonds. The summed E-state index contributed by atoms with van der Waals surface area (Å²) in [5.74, 6) is 2.73. The van der Waals surface area contributed by atoms with E-state index >= 15 is 0 Å². The second-order valence-electron chi connectivity index (χ2n) is 7.94. The summed E-state index contributed by atoms with van der Waals surface area (Å²) in [6, 6.07) is 10.9. The number of unbranched alkanes of at least 4 members (excludes halogenated alkanes) is 10. The minimum Gasteiger partial charge on any atom is -1.00 e. The number of nitrogens with one attached hydrogen (secondary N) is 1. The first-order valence-corrected chi connectivity index (χ1v) is 13.0. The second kappa shape index (κ2) is 21.5. The topological polar surface area (TPSA) is 4.44 Å². The molecule has 0 radical (unpaired) electrons. The number of thioether (sulfide) groups is 1. The molecule has 0 saturated heterocycles. The van der Waals surface area contributed by atoms with E-state index in [0.29, 0.717) is 0 Å². The quantitative estimate of drug-likeness (QED) is 0.332. The number of hydrogen-bond donors (Lipinski definition) is 1. The van der Waals surface area contributed by atoms with Crippen LogP contribution >= 0.6 is 11.8 Å². The Morgan fingerprint density at radius 2 is 1.14 bits per heavy atom. The van der Waals surface area contributed by atoms with Gasteiger partial charge in [0.2, 0.25) is 0 Å². The molecule has 0 fully saturated rings. The van der Waals surface area contributed by atoms with Crippen molar-refractivity contribution in [1.29, 1.82) is 0 Å². The lowest BCUT2D eigenvalue weighted by Crippen LogP contribution is -3.11. The summed E-state index contributed by atoms with van der Waals surface area (Å²) in [5, 5.41) is 0. The Balaban J connectivity index is 0.00000729. The highest BCUT2D eigenvalue weighted by atomic mass is 35.5. The minimum atomic E-state index is 0. The summed E-state index contributed by atoms with van der Waals surface area (Å²) in [5.41, 5.74) is 1.50. The van der Waals surface area contributed by atoms with Crippen LogP contribution < -0.4 is 17.3 Å². The lowest BCUT2D eigenvalue weighted by molar-refractivity contribution is -0.893. The number of quaternary nitrogens is 1. The third kappa shape index (κ3) is 16.7. The molecule has 0 bridgehead atoms. The van der Waals surface area contributed by atoms with E-state index in [2.05, 4.69) is 55.9 Å². The molecule has 28 heavy (non-hydrogen) atoms. The molecule has 1 aromatic carbocycles. The van der Waals surface area contributed by atoms with Gasteiger partial charge in [-0.1, -0.05) is 88.1 Å². The molecule has 1 aromatic rings. The summed E-state index contributed by atoms with van der Waals surface area (Å²) in [6.45, 7) is 8.52. The Morgan fingerprint density at radius 3 is 1.68 bits per heavy atom. The molecule has 0 atom stereocenters. The van der Waals surface area contributed by atoms with Gasteiger partial charge in [-0.25, -0.2) is 0 Å². The predicted octanol–water partition coefficient (Wildman–Crippen LogP) is 3.18. The van der Waals surface area contributed by atoms with Gasteiger partial charge in [0.15, 0.2) is 0 Å². The Kier molecular flexibility index (Phi) is 21.4. The van der Waals surface area contributed by atoms with Crippen molar-refractivity contribution in [2.75, 3.05) is 31.1 Å². The molecular weight excluding hydrogens is 382 g/mol. The highest BCUT2D eigenvalue weighted by Gasteiger charge is 2.01. The molecule has 1 nitrogen and oxygen atoms in total. The van der Waals surface area contributed by atoms with Crippen LogP contribution in [0.5, 0.6) is 0 Å². The number of hydrogen-bond acceptors (Lipinski definition) is 1. The van der Waals surface area contributed by atoms with Crippen molar-refractivity contribution in [2.24, 2.45) is 0 Å². The Bertz CT molecular complexity index is 408. The van der Waals surface area contributed by atoms with Gasteiger partial charge < -0.3 is 17.3 Å². The Hall–Kier alpha value is -0.180. The standard InChI is InChI=1S/C25H45NS.ClH/c1-3-26(4-2)22-24-27-23-18-13-11-9-7-5-6-8-10-12-15-19-25-20-16-14-17-21-25;/h14,16-17,20-21H,3-13,15,18-19,22-24H2,1-2H3;1H. The van der Waals surface area contributed by atoms with Crippen molar-refractivity contribution in [3.05, 3.63) is 35.9 Å². The van der Waals surface area contributed by atoms with E-state index in [0.717, 1.165) is 0 Å². The number of halogens is 1. The fraction of sp³-hybridized carbons (Fsp3) is 0.760. The van der Waals surface area contributed by atoms with E-state index in [4.69, 9.17) is 0 Å². The summed E-state index contributed by atoms with van der Waals surface area (Å²) in [7, 11) is 0. The van der Waals surface area contributed by atoms with Gasteiger partial charge in [0.1, 0.15) is 0 Å². The largest absolute Gasteiger partial charge is 1.00 e. The normalized spacial score (nSPS) is 11.0. The third-order valence-corrected chi connectivity index (χ3v) is 6.77. The van der Waals surface area contributed by atoms with Crippen LogP contribution in [0, 0.1) is 0 Å². The van der Waals surface area contributed by atoms with Crippen LogP contribution in [0.25, 0.3) is 0 Å². The summed E-state index contributed by atoms with van der Waals surface area (Å²) < 4.78 is 0. The maximum absolute atomic E-state index is 2.30. The fourth-order valence-corrected chi connectivity index (χ4v) is 4.74. The highest BCUT2D eigenvalue weighted by Crippen LogP contribution is 2.13. The molecule has 164 valence electrons. The Morgan fingerprint density at radius 1 is 0.643 bits per heavy atom. The first-order chi connectivity index (χ1) is 13.4. The Labute approximate surface area is 186 Å². The van der Waals surface area contributed by atoms with Gasteiger partial charge in [0.25, 0.3) is 0 Å². The lowest BCUT2D eigenvalue weighted by Gasteiger charge is -2.14. The van der Waals surface area contributed by atoms with Crippen molar-refractivity contribution in [3.63, 3.8) is 0 Å². The zero-order chi connectivity index (χ0) is 19.4. The molecule has 0 heterocycles. The van der Waals surface area contributed by atoms with E-state index < -0.39 is 0 Å². The smallest absolute Gasteiger partial charge is 0.0862 e. The van der Waals surface area contributed by atoms with E-state index in [1.807, 2.05) is 0 Å². The summed E-state index contributed by atoms with van der Waals surface area (Å²) >= 11 is 2.17. The number of rotatable bonds is 19. The van der Waals surface area contributed by atoms with E-state index in [1.165, 1.54) is 114 Å². The van der Waals surface area contributed by atoms with Gasteiger partial charge in [-0.3, -0.25) is 0 Å². The number of aryl methyl sites for hydroxylation is 1. The van der Waals surface area contributed by atoms with E-state index in [1.54, 1.807) is 4.90 Å². The monoisotopic (exact) mass is 427 g/mol. The molecule has 0 spiro atoms. The molecule has 1 rings (SSSR count). The zero-order valence-electron chi connectivity index (χ0n) is 18.7. The van der Waals surface area contributed by atoms with Crippen LogP contribution in [0.3, 0.4) is 0 Å². The molecule has 0 unspecified atom stereocenters. The SMILES string of the molecule is CC[NH+](CC)CCSCCCCCCCCCCCCCc1ccccc1.[Cl-]. The van der Waals surface area contributed by atoms with Crippen LogP contribution in [0.4, 0.5) is 0 Å².